The molecule has 53 heavy (non-hydrogen) atoms. The largest absolute Gasteiger partial charge is 0.493 e. The van der Waals surface area contributed by atoms with E-state index in [1.807, 2.05) is 59.8 Å². The van der Waals surface area contributed by atoms with Crippen molar-refractivity contribution in [2.24, 2.45) is 5.41 Å². The van der Waals surface area contributed by atoms with Crippen molar-refractivity contribution < 1.29 is 23.4 Å². The molecule has 0 aliphatic carbocycles. The number of carbonyl (C=O) groups excluding carboxylic acids is 1. The van der Waals surface area contributed by atoms with E-state index in [1.54, 1.807) is 21.3 Å². The Balaban J connectivity index is 0.987. The Morgan fingerprint density at radius 2 is 1.57 bits per heavy atom. The SMILES string of the molecule is COc1cc(CN2CCC(CCCN3CCC(Nc4nc5ccccc5n4Cc4ccncc4)CC3)(Cc3ccc(F)cc3)C2=O)cc(OC)c1OC. The summed E-state index contributed by atoms with van der Waals surface area (Å²) in [5, 5.41) is 3.78. The molecule has 0 saturated carbocycles. The number of methoxy groups -OCH3 is 3. The lowest BCUT2D eigenvalue weighted by Gasteiger charge is -2.34. The number of hydrogen-bond acceptors (Lipinski definition) is 8. The Kier molecular flexibility index (Phi) is 11.1. The highest BCUT2D eigenvalue weighted by molar-refractivity contribution is 5.85. The third-order valence-corrected chi connectivity index (χ3v) is 10.9. The summed E-state index contributed by atoms with van der Waals surface area (Å²) in [5.41, 5.74) is 4.63. The first-order valence-corrected chi connectivity index (χ1v) is 18.5. The highest BCUT2D eigenvalue weighted by Gasteiger charge is 2.46. The van der Waals surface area contributed by atoms with Crippen molar-refractivity contribution in [1.82, 2.24) is 24.3 Å². The monoisotopic (exact) mass is 720 g/mol. The number of amides is 1. The van der Waals surface area contributed by atoms with E-state index in [1.165, 1.54) is 17.7 Å². The van der Waals surface area contributed by atoms with Crippen LogP contribution >= 0.6 is 0 Å². The summed E-state index contributed by atoms with van der Waals surface area (Å²) >= 11 is 0. The fraction of sp³-hybridized carbons (Fsp3) is 0.405. The molecule has 0 spiro atoms. The van der Waals surface area contributed by atoms with Crippen LogP contribution in [-0.4, -0.2) is 83.8 Å². The highest BCUT2D eigenvalue weighted by Crippen LogP contribution is 2.43. The van der Waals surface area contributed by atoms with E-state index in [9.17, 15) is 9.18 Å². The van der Waals surface area contributed by atoms with Crippen LogP contribution in [0, 0.1) is 11.2 Å². The first-order valence-electron chi connectivity index (χ1n) is 18.5. The lowest BCUT2D eigenvalue weighted by atomic mass is 9.76. The Morgan fingerprint density at radius 1 is 0.849 bits per heavy atom. The molecule has 1 unspecified atom stereocenters. The van der Waals surface area contributed by atoms with Gasteiger partial charge in [0.05, 0.1) is 44.3 Å². The molecule has 3 aromatic carbocycles. The van der Waals surface area contributed by atoms with Crippen LogP contribution in [0.5, 0.6) is 17.2 Å². The zero-order chi connectivity index (χ0) is 36.8. The van der Waals surface area contributed by atoms with Crippen molar-refractivity contribution in [3.63, 3.8) is 0 Å². The number of likely N-dealkylation sites (tertiary alicyclic amines) is 2. The van der Waals surface area contributed by atoms with Crippen molar-refractivity contribution in [2.45, 2.75) is 57.7 Å². The van der Waals surface area contributed by atoms with Crippen molar-refractivity contribution in [1.29, 1.82) is 0 Å². The van der Waals surface area contributed by atoms with Crippen LogP contribution in [0.3, 0.4) is 0 Å². The van der Waals surface area contributed by atoms with E-state index in [-0.39, 0.29) is 11.7 Å². The number of carbonyl (C=O) groups is 1. The van der Waals surface area contributed by atoms with Crippen LogP contribution in [0.2, 0.25) is 0 Å². The third kappa shape index (κ3) is 8.10. The molecule has 10 nitrogen and oxygen atoms in total. The van der Waals surface area contributed by atoms with E-state index in [2.05, 4.69) is 38.0 Å². The number of nitrogens with one attached hydrogen (secondary N) is 1. The molecule has 2 saturated heterocycles. The van der Waals surface area contributed by atoms with Crippen LogP contribution in [0.1, 0.15) is 48.8 Å². The number of rotatable bonds is 15. The number of para-hydroxylation sites is 2. The first kappa shape index (κ1) is 36.2. The van der Waals surface area contributed by atoms with Gasteiger partial charge in [0.1, 0.15) is 5.82 Å². The molecule has 7 rings (SSSR count). The minimum atomic E-state index is -0.549. The molecule has 0 radical (unpaired) electrons. The van der Waals surface area contributed by atoms with Crippen molar-refractivity contribution in [3.8, 4) is 17.2 Å². The average molecular weight is 721 g/mol. The lowest BCUT2D eigenvalue weighted by Crippen LogP contribution is -2.41. The second-order valence-electron chi connectivity index (χ2n) is 14.3. The number of benzene rings is 3. The van der Waals surface area contributed by atoms with Gasteiger partial charge in [-0.25, -0.2) is 9.37 Å². The van der Waals surface area contributed by atoms with Gasteiger partial charge in [-0.1, -0.05) is 24.3 Å². The maximum absolute atomic E-state index is 14.4. The summed E-state index contributed by atoms with van der Waals surface area (Å²) in [5.74, 6) is 2.43. The molecular weight excluding hydrogens is 671 g/mol. The van der Waals surface area contributed by atoms with Gasteiger partial charge in [0.2, 0.25) is 17.6 Å². The molecule has 11 heteroatoms. The predicted molar refractivity (Wildman–Crippen MR) is 204 cm³/mol. The first-order chi connectivity index (χ1) is 25.9. The average Bonchev–Trinajstić information content (AvgIpc) is 3.68. The van der Waals surface area contributed by atoms with Crippen molar-refractivity contribution in [3.05, 3.63) is 108 Å². The zero-order valence-electron chi connectivity index (χ0n) is 30.9. The summed E-state index contributed by atoms with van der Waals surface area (Å²) in [4.78, 5) is 28.0. The number of nitrogens with zero attached hydrogens (tertiary/aromatic N) is 5. The summed E-state index contributed by atoms with van der Waals surface area (Å²) < 4.78 is 32.8. The van der Waals surface area contributed by atoms with Crippen molar-refractivity contribution in [2.75, 3.05) is 52.8 Å². The van der Waals surface area contributed by atoms with Crippen LogP contribution in [0.15, 0.2) is 85.2 Å². The van der Waals surface area contributed by atoms with Gasteiger partial charge < -0.3 is 33.9 Å². The minimum Gasteiger partial charge on any atom is -0.493 e. The van der Waals surface area contributed by atoms with Gasteiger partial charge in [-0.15, -0.1) is 0 Å². The second kappa shape index (κ2) is 16.2. The van der Waals surface area contributed by atoms with Gasteiger partial charge >= 0.3 is 0 Å². The van der Waals surface area contributed by atoms with Crippen LogP contribution in [-0.2, 0) is 24.3 Å². The Bertz CT molecular complexity index is 1970. The Morgan fingerprint density at radius 3 is 2.26 bits per heavy atom. The van der Waals surface area contributed by atoms with E-state index < -0.39 is 5.41 Å². The molecule has 278 valence electrons. The maximum atomic E-state index is 14.4. The van der Waals surface area contributed by atoms with Crippen molar-refractivity contribution >= 4 is 22.9 Å². The highest BCUT2D eigenvalue weighted by atomic mass is 19.1. The van der Waals surface area contributed by atoms with E-state index in [4.69, 9.17) is 19.2 Å². The lowest BCUT2D eigenvalue weighted by molar-refractivity contribution is -0.137. The molecule has 1 N–H and O–H groups in total. The molecule has 2 aliphatic rings. The quantitative estimate of drug-likeness (QED) is 0.124. The summed E-state index contributed by atoms with van der Waals surface area (Å²) in [7, 11) is 4.77. The van der Waals surface area contributed by atoms with Gasteiger partial charge in [-0.3, -0.25) is 9.78 Å². The van der Waals surface area contributed by atoms with Crippen LogP contribution < -0.4 is 19.5 Å². The molecule has 1 amide bonds. The fourth-order valence-corrected chi connectivity index (χ4v) is 8.11. The number of hydrogen-bond donors (Lipinski definition) is 1. The van der Waals surface area contributed by atoms with Gasteiger partial charge in [-0.2, -0.15) is 0 Å². The van der Waals surface area contributed by atoms with Crippen LogP contribution in [0.25, 0.3) is 11.0 Å². The summed E-state index contributed by atoms with van der Waals surface area (Å²) in [6.45, 7) is 4.71. The number of piperidine rings is 1. The Labute approximate surface area is 310 Å². The summed E-state index contributed by atoms with van der Waals surface area (Å²) in [6.07, 6.45) is 8.71. The van der Waals surface area contributed by atoms with E-state index in [0.717, 1.165) is 86.4 Å². The molecular formula is C42H49FN6O4. The second-order valence-corrected chi connectivity index (χ2v) is 14.3. The number of ether oxygens (including phenoxy) is 3. The van der Waals surface area contributed by atoms with E-state index in [0.29, 0.717) is 42.8 Å². The van der Waals surface area contributed by atoms with Gasteiger partial charge in [0, 0.05) is 44.6 Å². The third-order valence-electron chi connectivity index (χ3n) is 10.9. The number of halogens is 1. The van der Waals surface area contributed by atoms with Gasteiger partial charge in [0.15, 0.2) is 11.5 Å². The van der Waals surface area contributed by atoms with Gasteiger partial charge in [-0.05, 0) is 110 Å². The normalized spacial score (nSPS) is 18.1. The molecule has 2 aromatic heterocycles. The smallest absolute Gasteiger partial charge is 0.229 e. The Hall–Kier alpha value is -5.16. The predicted octanol–water partition coefficient (Wildman–Crippen LogP) is 6.96. The number of aromatic nitrogens is 3. The van der Waals surface area contributed by atoms with Crippen LogP contribution in [0.4, 0.5) is 10.3 Å². The molecule has 4 heterocycles. The number of anilines is 1. The standard InChI is InChI=1S/C42H49FN6O4/c1-51-37-25-32(26-38(52-2)39(37)53-3)28-48-24-18-42(40(48)50,27-30-9-11-33(43)12-10-30)17-6-21-47-22-15-34(16-23-47)45-41-46-35-7-4-5-8-36(35)49(41)29-31-13-19-44-20-14-31/h4-5,7-14,19-20,25-26,34H,6,15-18,21-24,27-29H2,1-3H3,(H,45,46). The summed E-state index contributed by atoms with van der Waals surface area (Å²) in [6, 6.07) is 23.1. The molecule has 2 fully saturated rings. The zero-order valence-corrected chi connectivity index (χ0v) is 30.9. The minimum absolute atomic E-state index is 0.146. The van der Waals surface area contributed by atoms with Gasteiger partial charge in [0.25, 0.3) is 0 Å². The molecule has 2 aliphatic heterocycles. The van der Waals surface area contributed by atoms with E-state index >= 15 is 0 Å². The molecule has 0 bridgehead atoms. The number of imidazole rings is 1. The topological polar surface area (TPSA) is 94.0 Å². The molecule has 5 aromatic rings. The fourth-order valence-electron chi connectivity index (χ4n) is 8.11. The molecule has 1 atom stereocenters. The number of pyridine rings is 1. The number of fused-ring (bicyclic) bond motifs is 1. The maximum Gasteiger partial charge on any atom is 0.229 e.